The van der Waals surface area contributed by atoms with Crippen LogP contribution in [0.1, 0.15) is 44.7 Å². The zero-order chi connectivity index (χ0) is 23.9. The predicted octanol–water partition coefficient (Wildman–Crippen LogP) is 3.66. The molecule has 0 saturated carbocycles. The Hall–Kier alpha value is -3.11. The lowest BCUT2D eigenvalue weighted by Gasteiger charge is -2.33. The lowest BCUT2D eigenvalue weighted by Crippen LogP contribution is -2.45. The number of pyridine rings is 1. The third kappa shape index (κ3) is 8.20. The van der Waals surface area contributed by atoms with E-state index < -0.39 is 0 Å². The number of aromatic nitrogens is 1. The molecule has 0 radical (unpaired) electrons. The number of methoxy groups -OCH3 is 1. The van der Waals surface area contributed by atoms with Crippen molar-refractivity contribution in [3.63, 3.8) is 0 Å². The van der Waals surface area contributed by atoms with E-state index in [1.807, 2.05) is 36.1 Å². The fourth-order valence-corrected chi connectivity index (χ4v) is 3.58. The van der Waals surface area contributed by atoms with Crippen LogP contribution in [0.15, 0.2) is 42.6 Å². The number of nitrogens with zero attached hydrogens (tertiary/aromatic N) is 4. The normalized spacial score (nSPS) is 10.9. The zero-order valence-electron chi connectivity index (χ0n) is 19.9. The van der Waals surface area contributed by atoms with E-state index in [1.54, 1.807) is 19.4 Å². The molecule has 32 heavy (non-hydrogen) atoms. The first-order valence-electron chi connectivity index (χ1n) is 11.0. The van der Waals surface area contributed by atoms with Gasteiger partial charge in [0.25, 0.3) is 0 Å². The number of amides is 1. The number of hydrogen-bond donors (Lipinski definition) is 1. The fraction of sp³-hybridized carbons (Fsp3) is 0.480. The molecule has 1 atom stereocenters. The van der Waals surface area contributed by atoms with Gasteiger partial charge >= 0.3 is 0 Å². The van der Waals surface area contributed by atoms with Gasteiger partial charge in [0.2, 0.25) is 5.91 Å². The second-order valence-corrected chi connectivity index (χ2v) is 7.29. The van der Waals surface area contributed by atoms with Gasteiger partial charge in [-0.25, -0.2) is 4.98 Å². The first kappa shape index (κ1) is 26.9. The van der Waals surface area contributed by atoms with E-state index in [9.17, 15) is 4.79 Å². The van der Waals surface area contributed by atoms with E-state index >= 15 is 0 Å². The molecular weight excluding hydrogens is 404 g/mol. The van der Waals surface area contributed by atoms with Crippen LogP contribution in [0.3, 0.4) is 0 Å². The molecule has 1 amide bonds. The summed E-state index contributed by atoms with van der Waals surface area (Å²) in [6.45, 7) is 8.30. The fourth-order valence-electron chi connectivity index (χ4n) is 3.58. The van der Waals surface area contributed by atoms with Crippen LogP contribution in [-0.2, 0) is 11.2 Å². The van der Waals surface area contributed by atoms with E-state index in [1.165, 1.54) is 5.56 Å². The molecule has 0 aliphatic heterocycles. The molecule has 2 aromatic rings. The number of aliphatic hydroxyl groups excluding tert-OH is 1. The first-order valence-corrected chi connectivity index (χ1v) is 11.0. The van der Waals surface area contributed by atoms with Gasteiger partial charge in [0.05, 0.1) is 12.7 Å². The Morgan fingerprint density at radius 3 is 2.53 bits per heavy atom. The number of ether oxygens (including phenoxy) is 1. The molecule has 0 aliphatic rings. The summed E-state index contributed by atoms with van der Waals surface area (Å²) in [6, 6.07) is 13.9. The maximum Gasteiger partial charge on any atom is 0.222 e. The van der Waals surface area contributed by atoms with Gasteiger partial charge in [-0.3, -0.25) is 4.79 Å². The number of hydrogen-bond acceptors (Lipinski definition) is 6. The topological polar surface area (TPSA) is 89.7 Å². The van der Waals surface area contributed by atoms with Crippen molar-refractivity contribution in [1.29, 1.82) is 5.26 Å². The zero-order valence-corrected chi connectivity index (χ0v) is 19.9. The van der Waals surface area contributed by atoms with Crippen molar-refractivity contribution >= 4 is 11.7 Å². The molecular formula is C25H36N4O3. The van der Waals surface area contributed by atoms with E-state index in [-0.39, 0.29) is 11.9 Å². The number of carbonyl (C=O) groups excluding carboxylic acids is 1. The van der Waals surface area contributed by atoms with E-state index in [2.05, 4.69) is 35.9 Å². The highest BCUT2D eigenvalue weighted by Crippen LogP contribution is 2.17. The molecule has 1 aromatic carbocycles. The van der Waals surface area contributed by atoms with Crippen LogP contribution in [-0.4, -0.2) is 60.8 Å². The quantitative estimate of drug-likeness (QED) is 0.574. The molecule has 7 heteroatoms. The van der Waals surface area contributed by atoms with Crippen molar-refractivity contribution in [2.45, 2.75) is 46.1 Å². The highest BCUT2D eigenvalue weighted by Gasteiger charge is 2.20. The average molecular weight is 441 g/mol. The van der Waals surface area contributed by atoms with Gasteiger partial charge in [0.1, 0.15) is 17.6 Å². The van der Waals surface area contributed by atoms with Crippen LogP contribution < -0.4 is 9.64 Å². The van der Waals surface area contributed by atoms with Gasteiger partial charge < -0.3 is 19.6 Å². The molecule has 0 spiro atoms. The molecule has 0 bridgehead atoms. The number of benzene rings is 1. The lowest BCUT2D eigenvalue weighted by molar-refractivity contribution is -0.131. The third-order valence-corrected chi connectivity index (χ3v) is 5.25. The third-order valence-electron chi connectivity index (χ3n) is 5.25. The van der Waals surface area contributed by atoms with Crippen LogP contribution in [0.2, 0.25) is 0 Å². The van der Waals surface area contributed by atoms with Gasteiger partial charge in [-0.2, -0.15) is 5.26 Å². The SMILES string of the molecule is CCN(CC(C)N(CC)c1ccc(C#N)cn1)C(=O)CCCc1cccc(OC)c1.CO. The van der Waals surface area contributed by atoms with Crippen molar-refractivity contribution in [3.05, 3.63) is 53.7 Å². The first-order chi connectivity index (χ1) is 15.5. The number of carbonyl (C=O) groups is 1. The molecule has 1 unspecified atom stereocenters. The molecule has 2 rings (SSSR count). The van der Waals surface area contributed by atoms with Gasteiger partial charge in [-0.15, -0.1) is 0 Å². The summed E-state index contributed by atoms with van der Waals surface area (Å²) >= 11 is 0. The Morgan fingerprint density at radius 2 is 1.97 bits per heavy atom. The number of nitriles is 1. The lowest BCUT2D eigenvalue weighted by atomic mass is 10.1. The minimum absolute atomic E-state index is 0.123. The monoisotopic (exact) mass is 440 g/mol. The summed E-state index contributed by atoms with van der Waals surface area (Å²) in [5.74, 6) is 1.85. The second kappa shape index (κ2) is 14.8. The van der Waals surface area contributed by atoms with Gasteiger partial charge in [-0.05, 0) is 63.4 Å². The Kier molecular flexibility index (Phi) is 12.5. The Morgan fingerprint density at radius 1 is 1.22 bits per heavy atom. The highest BCUT2D eigenvalue weighted by atomic mass is 16.5. The Bertz CT molecular complexity index is 849. The minimum atomic E-state index is 0.123. The average Bonchev–Trinajstić information content (AvgIpc) is 2.84. The second-order valence-electron chi connectivity index (χ2n) is 7.29. The van der Waals surface area contributed by atoms with Crippen LogP contribution in [0.5, 0.6) is 5.75 Å². The van der Waals surface area contributed by atoms with Crippen molar-refractivity contribution in [2.75, 3.05) is 38.8 Å². The molecule has 1 aromatic heterocycles. The van der Waals surface area contributed by atoms with Crippen LogP contribution >= 0.6 is 0 Å². The Labute approximate surface area is 192 Å². The number of aliphatic hydroxyl groups is 1. The maximum absolute atomic E-state index is 12.8. The van der Waals surface area contributed by atoms with Gasteiger partial charge in [0.15, 0.2) is 0 Å². The van der Waals surface area contributed by atoms with E-state index in [0.717, 1.165) is 38.1 Å². The van der Waals surface area contributed by atoms with Crippen LogP contribution in [0.25, 0.3) is 0 Å². The standard InChI is InChI=1S/C24H32N4O2.CH4O/c1-5-27(24(29)12-8-10-20-9-7-11-22(15-20)30-4)18-19(3)28(6-2)23-14-13-21(16-25)17-26-23;1-2/h7,9,11,13-15,17,19H,5-6,8,10,12,18H2,1-4H3;2H,1H3. The molecule has 0 aliphatic carbocycles. The number of anilines is 1. The van der Waals surface area contributed by atoms with E-state index in [4.69, 9.17) is 15.1 Å². The van der Waals surface area contributed by atoms with E-state index in [0.29, 0.717) is 25.1 Å². The summed E-state index contributed by atoms with van der Waals surface area (Å²) in [5, 5.41) is 16.0. The smallest absolute Gasteiger partial charge is 0.222 e. The minimum Gasteiger partial charge on any atom is -0.497 e. The number of rotatable bonds is 11. The van der Waals surface area contributed by atoms with Crippen molar-refractivity contribution in [3.8, 4) is 11.8 Å². The number of likely N-dealkylation sites (N-methyl/N-ethyl adjacent to an activating group) is 2. The van der Waals surface area contributed by atoms with Crippen molar-refractivity contribution in [2.24, 2.45) is 0 Å². The van der Waals surface area contributed by atoms with Crippen LogP contribution in [0.4, 0.5) is 5.82 Å². The summed E-state index contributed by atoms with van der Waals surface area (Å²) in [7, 11) is 2.66. The number of aryl methyl sites for hydroxylation is 1. The molecule has 1 N–H and O–H groups in total. The van der Waals surface area contributed by atoms with Crippen molar-refractivity contribution < 1.29 is 14.6 Å². The summed E-state index contributed by atoms with van der Waals surface area (Å²) in [6.07, 6.45) is 3.78. The predicted molar refractivity (Wildman–Crippen MR) is 128 cm³/mol. The van der Waals surface area contributed by atoms with Crippen molar-refractivity contribution in [1.82, 2.24) is 9.88 Å². The molecule has 0 fully saturated rings. The molecule has 7 nitrogen and oxygen atoms in total. The highest BCUT2D eigenvalue weighted by molar-refractivity contribution is 5.76. The molecule has 1 heterocycles. The largest absolute Gasteiger partial charge is 0.497 e. The van der Waals surface area contributed by atoms with Gasteiger partial charge in [-0.1, -0.05) is 12.1 Å². The molecule has 0 saturated heterocycles. The summed E-state index contributed by atoms with van der Waals surface area (Å²) in [4.78, 5) is 21.3. The summed E-state index contributed by atoms with van der Waals surface area (Å²) < 4.78 is 5.26. The van der Waals surface area contributed by atoms with Gasteiger partial charge in [0, 0.05) is 45.4 Å². The Balaban J connectivity index is 0.00000249. The van der Waals surface area contributed by atoms with Crippen LogP contribution in [0, 0.1) is 11.3 Å². The maximum atomic E-state index is 12.8. The summed E-state index contributed by atoms with van der Waals surface area (Å²) in [5.41, 5.74) is 1.73. The molecule has 174 valence electrons.